The molecule has 1 amide bonds. The van der Waals surface area contributed by atoms with Gasteiger partial charge in [0, 0.05) is 30.2 Å². The van der Waals surface area contributed by atoms with Crippen LogP contribution in [0.4, 0.5) is 0 Å². The topological polar surface area (TPSA) is 59.8 Å². The molecule has 5 nitrogen and oxygen atoms in total. The van der Waals surface area contributed by atoms with Crippen molar-refractivity contribution in [1.29, 1.82) is 0 Å². The average Bonchev–Trinajstić information content (AvgIpc) is 3.12. The fourth-order valence-corrected chi connectivity index (χ4v) is 4.00. The summed E-state index contributed by atoms with van der Waals surface area (Å²) < 4.78 is 2.06. The second kappa shape index (κ2) is 11.0. The summed E-state index contributed by atoms with van der Waals surface area (Å²) in [7, 11) is 0. The van der Waals surface area contributed by atoms with Gasteiger partial charge in [-0.05, 0) is 36.6 Å². The standard InChI is InChI=1S/C22H25ClN4OS/c1-2-13-24-21(28)12-7-14-29-22-26-25-20(15-17-8-4-3-5-9-17)27(22)19-11-6-10-18(23)16-19/h3-6,8-11,16H,2,7,12-15H2,1H3,(H,24,28). The molecule has 29 heavy (non-hydrogen) atoms. The van der Waals surface area contributed by atoms with E-state index < -0.39 is 0 Å². The molecule has 0 unspecified atom stereocenters. The molecule has 0 saturated carbocycles. The highest BCUT2D eigenvalue weighted by Gasteiger charge is 2.15. The van der Waals surface area contributed by atoms with E-state index in [1.165, 1.54) is 5.56 Å². The van der Waals surface area contributed by atoms with Crippen molar-refractivity contribution in [2.24, 2.45) is 0 Å². The molecule has 1 heterocycles. The Labute approximate surface area is 180 Å². The predicted molar refractivity (Wildman–Crippen MR) is 119 cm³/mol. The molecule has 3 aromatic rings. The van der Waals surface area contributed by atoms with E-state index in [9.17, 15) is 4.79 Å². The van der Waals surface area contributed by atoms with Crippen LogP contribution in [0.15, 0.2) is 59.8 Å². The Hall–Kier alpha value is -2.31. The quantitative estimate of drug-likeness (QED) is 0.368. The Morgan fingerprint density at radius 2 is 1.97 bits per heavy atom. The normalized spacial score (nSPS) is 10.8. The Bertz CT molecular complexity index is 930. The largest absolute Gasteiger partial charge is 0.356 e. The summed E-state index contributed by atoms with van der Waals surface area (Å²) in [5.74, 6) is 1.76. The van der Waals surface area contributed by atoms with Crippen LogP contribution in [0, 0.1) is 0 Å². The van der Waals surface area contributed by atoms with Crippen molar-refractivity contribution in [3.8, 4) is 5.69 Å². The van der Waals surface area contributed by atoms with E-state index >= 15 is 0 Å². The van der Waals surface area contributed by atoms with Crippen LogP contribution in [0.5, 0.6) is 0 Å². The molecule has 2 aromatic carbocycles. The zero-order valence-corrected chi connectivity index (χ0v) is 18.0. The van der Waals surface area contributed by atoms with Crippen LogP contribution in [0.3, 0.4) is 0 Å². The van der Waals surface area contributed by atoms with Gasteiger partial charge in [-0.25, -0.2) is 0 Å². The fraction of sp³-hybridized carbons (Fsp3) is 0.318. The number of rotatable bonds is 10. The molecule has 0 spiro atoms. The van der Waals surface area contributed by atoms with Crippen LogP contribution < -0.4 is 5.32 Å². The summed E-state index contributed by atoms with van der Waals surface area (Å²) in [6.07, 6.45) is 2.94. The lowest BCUT2D eigenvalue weighted by Crippen LogP contribution is -2.23. The van der Waals surface area contributed by atoms with E-state index in [1.807, 2.05) is 49.4 Å². The van der Waals surface area contributed by atoms with Crippen molar-refractivity contribution >= 4 is 29.3 Å². The highest BCUT2D eigenvalue weighted by molar-refractivity contribution is 7.99. The van der Waals surface area contributed by atoms with Gasteiger partial charge in [0.15, 0.2) is 5.16 Å². The molecule has 1 aromatic heterocycles. The second-order valence-corrected chi connectivity index (χ2v) is 8.18. The van der Waals surface area contributed by atoms with Gasteiger partial charge in [0.1, 0.15) is 5.82 Å². The first-order valence-corrected chi connectivity index (χ1v) is 11.2. The van der Waals surface area contributed by atoms with Crippen LogP contribution in [0.2, 0.25) is 5.02 Å². The Balaban J connectivity index is 1.73. The number of carbonyl (C=O) groups excluding carboxylic acids is 1. The molecular formula is C22H25ClN4OS. The van der Waals surface area contributed by atoms with Gasteiger partial charge >= 0.3 is 0 Å². The van der Waals surface area contributed by atoms with E-state index in [2.05, 4.69) is 32.2 Å². The van der Waals surface area contributed by atoms with Crippen molar-refractivity contribution in [2.75, 3.05) is 12.3 Å². The zero-order valence-electron chi connectivity index (χ0n) is 16.5. The lowest BCUT2D eigenvalue weighted by atomic mass is 10.1. The average molecular weight is 429 g/mol. The van der Waals surface area contributed by atoms with Gasteiger partial charge in [0.2, 0.25) is 5.91 Å². The van der Waals surface area contributed by atoms with Crippen molar-refractivity contribution in [3.63, 3.8) is 0 Å². The molecule has 0 aliphatic carbocycles. The third-order valence-corrected chi connectivity index (χ3v) is 5.57. The Morgan fingerprint density at radius 1 is 1.14 bits per heavy atom. The van der Waals surface area contributed by atoms with Crippen molar-refractivity contribution in [3.05, 3.63) is 71.0 Å². The highest BCUT2D eigenvalue weighted by Crippen LogP contribution is 2.25. The number of nitrogens with one attached hydrogen (secondary N) is 1. The van der Waals surface area contributed by atoms with Gasteiger partial charge in [-0.15, -0.1) is 10.2 Å². The minimum atomic E-state index is 0.105. The lowest BCUT2D eigenvalue weighted by Gasteiger charge is -2.11. The van der Waals surface area contributed by atoms with Crippen molar-refractivity contribution < 1.29 is 4.79 Å². The maximum absolute atomic E-state index is 11.8. The summed E-state index contributed by atoms with van der Waals surface area (Å²) in [6.45, 7) is 2.78. The van der Waals surface area contributed by atoms with Crippen LogP contribution in [0.25, 0.3) is 5.69 Å². The minimum Gasteiger partial charge on any atom is -0.356 e. The number of thioether (sulfide) groups is 1. The third-order valence-electron chi connectivity index (χ3n) is 4.32. The molecule has 0 atom stereocenters. The number of amides is 1. The molecule has 7 heteroatoms. The lowest BCUT2D eigenvalue weighted by molar-refractivity contribution is -0.121. The van der Waals surface area contributed by atoms with Crippen LogP contribution in [-0.2, 0) is 11.2 Å². The number of hydrogen-bond acceptors (Lipinski definition) is 4. The molecule has 3 rings (SSSR count). The van der Waals surface area contributed by atoms with Crippen LogP contribution in [-0.4, -0.2) is 33.0 Å². The first-order valence-electron chi connectivity index (χ1n) is 9.81. The summed E-state index contributed by atoms with van der Waals surface area (Å²) in [4.78, 5) is 11.8. The molecule has 0 aliphatic rings. The molecule has 0 aliphatic heterocycles. The summed E-state index contributed by atoms with van der Waals surface area (Å²) >= 11 is 7.84. The number of nitrogens with zero attached hydrogens (tertiary/aromatic N) is 3. The summed E-state index contributed by atoms with van der Waals surface area (Å²) in [6, 6.07) is 17.9. The molecule has 0 bridgehead atoms. The monoisotopic (exact) mass is 428 g/mol. The molecule has 0 radical (unpaired) electrons. The first kappa shape index (κ1) is 21.4. The Kier molecular flexibility index (Phi) is 8.14. The number of halogens is 1. The minimum absolute atomic E-state index is 0.105. The van der Waals surface area contributed by atoms with Gasteiger partial charge in [-0.3, -0.25) is 9.36 Å². The smallest absolute Gasteiger partial charge is 0.220 e. The van der Waals surface area contributed by atoms with Crippen LogP contribution >= 0.6 is 23.4 Å². The molecular weight excluding hydrogens is 404 g/mol. The maximum atomic E-state index is 11.8. The van der Waals surface area contributed by atoms with Crippen molar-refractivity contribution in [1.82, 2.24) is 20.1 Å². The molecule has 152 valence electrons. The second-order valence-electron chi connectivity index (χ2n) is 6.68. The Morgan fingerprint density at radius 3 is 2.72 bits per heavy atom. The molecule has 1 N–H and O–H groups in total. The zero-order chi connectivity index (χ0) is 20.5. The summed E-state index contributed by atoms with van der Waals surface area (Å²) in [5, 5.41) is 13.3. The van der Waals surface area contributed by atoms with Gasteiger partial charge in [0.05, 0.1) is 5.69 Å². The van der Waals surface area contributed by atoms with Gasteiger partial charge < -0.3 is 5.32 Å². The van der Waals surface area contributed by atoms with E-state index in [-0.39, 0.29) is 5.91 Å². The molecule has 0 saturated heterocycles. The summed E-state index contributed by atoms with van der Waals surface area (Å²) in [5.41, 5.74) is 2.11. The van der Waals surface area contributed by atoms with Gasteiger partial charge in [-0.2, -0.15) is 0 Å². The van der Waals surface area contributed by atoms with Gasteiger partial charge in [-0.1, -0.05) is 66.7 Å². The van der Waals surface area contributed by atoms with Crippen LogP contribution in [0.1, 0.15) is 37.6 Å². The number of carbonyl (C=O) groups is 1. The van der Waals surface area contributed by atoms with Crippen molar-refractivity contribution in [2.45, 2.75) is 37.8 Å². The highest BCUT2D eigenvalue weighted by atomic mass is 35.5. The van der Waals surface area contributed by atoms with E-state index in [0.29, 0.717) is 17.9 Å². The third kappa shape index (κ3) is 6.34. The van der Waals surface area contributed by atoms with Gasteiger partial charge in [0.25, 0.3) is 0 Å². The van der Waals surface area contributed by atoms with E-state index in [4.69, 9.17) is 11.6 Å². The first-order chi connectivity index (χ1) is 14.2. The number of benzene rings is 2. The SMILES string of the molecule is CCCNC(=O)CCCSc1nnc(Cc2ccccc2)n1-c1cccc(Cl)c1. The van der Waals surface area contributed by atoms with E-state index in [0.717, 1.165) is 41.8 Å². The fourth-order valence-electron chi connectivity index (χ4n) is 2.91. The maximum Gasteiger partial charge on any atom is 0.220 e. The number of hydrogen-bond donors (Lipinski definition) is 1. The number of aromatic nitrogens is 3. The molecule has 0 fully saturated rings. The predicted octanol–water partition coefficient (Wildman–Crippen LogP) is 4.91. The van der Waals surface area contributed by atoms with E-state index in [1.54, 1.807) is 11.8 Å².